The van der Waals surface area contributed by atoms with Crippen LogP contribution in [-0.4, -0.2) is 21.4 Å². The zero-order valence-electron chi connectivity index (χ0n) is 18.4. The van der Waals surface area contributed by atoms with Crippen LogP contribution in [0.2, 0.25) is 0 Å². The maximum absolute atomic E-state index is 10.9. The summed E-state index contributed by atoms with van der Waals surface area (Å²) in [6.07, 6.45) is 1.97. The molecule has 5 rings (SSSR count). The number of para-hydroxylation sites is 2. The van der Waals surface area contributed by atoms with Crippen molar-refractivity contribution in [1.29, 1.82) is 0 Å². The average Bonchev–Trinajstić information content (AvgIpc) is 3.28. The third-order valence-electron chi connectivity index (χ3n) is 6.65. The van der Waals surface area contributed by atoms with Gasteiger partial charge >= 0.3 is 0 Å². The Kier molecular flexibility index (Phi) is 4.86. The zero-order valence-corrected chi connectivity index (χ0v) is 18.4. The van der Waals surface area contributed by atoms with Crippen molar-refractivity contribution in [2.45, 2.75) is 44.3 Å². The van der Waals surface area contributed by atoms with Crippen molar-refractivity contribution in [3.63, 3.8) is 0 Å². The Bertz CT molecular complexity index is 1220. The lowest BCUT2D eigenvalue weighted by atomic mass is 9.82. The van der Waals surface area contributed by atoms with Crippen LogP contribution < -0.4 is 0 Å². The maximum Gasteiger partial charge on any atom is 0.119 e. The summed E-state index contributed by atoms with van der Waals surface area (Å²) in [7, 11) is 2.13. The van der Waals surface area contributed by atoms with E-state index < -0.39 is 0 Å². The van der Waals surface area contributed by atoms with E-state index in [-0.39, 0.29) is 17.6 Å². The molecule has 1 aliphatic heterocycles. The lowest BCUT2D eigenvalue weighted by Crippen LogP contribution is -2.25. The van der Waals surface area contributed by atoms with E-state index in [9.17, 15) is 5.11 Å². The molecule has 1 aromatic heterocycles. The van der Waals surface area contributed by atoms with Crippen LogP contribution in [0, 0.1) is 0 Å². The van der Waals surface area contributed by atoms with Crippen LogP contribution in [0.5, 0.6) is 5.75 Å². The van der Waals surface area contributed by atoms with Crippen molar-refractivity contribution in [1.82, 2.24) is 4.57 Å². The molecule has 3 aromatic carbocycles. The fraction of sp³-hybridized carbons (Fsp3) is 0.286. The van der Waals surface area contributed by atoms with Crippen LogP contribution in [0.1, 0.15) is 43.7 Å². The third-order valence-corrected chi connectivity index (χ3v) is 6.65. The lowest BCUT2D eigenvalue weighted by molar-refractivity contribution is -0.0215. The molecule has 0 spiro atoms. The highest BCUT2D eigenvalue weighted by atomic mass is 16.5. The largest absolute Gasteiger partial charge is 0.508 e. The van der Waals surface area contributed by atoms with E-state index in [1.807, 2.05) is 18.2 Å². The van der Waals surface area contributed by atoms with Gasteiger partial charge in [0.25, 0.3) is 0 Å². The summed E-state index contributed by atoms with van der Waals surface area (Å²) in [4.78, 5) is 0. The van der Waals surface area contributed by atoms with Gasteiger partial charge in [0.05, 0.1) is 17.4 Å². The topological polar surface area (TPSA) is 34.4 Å². The van der Waals surface area contributed by atoms with Gasteiger partial charge in [-0.2, -0.15) is 0 Å². The molecule has 0 unspecified atom stereocenters. The molecule has 1 N–H and O–H groups in total. The van der Waals surface area contributed by atoms with Gasteiger partial charge in [-0.05, 0) is 49.9 Å². The molecule has 1 aliphatic rings. The summed E-state index contributed by atoms with van der Waals surface area (Å²) >= 11 is 0. The van der Waals surface area contributed by atoms with Gasteiger partial charge in [-0.15, -0.1) is 0 Å². The number of fused-ring (bicyclic) bond motifs is 1. The highest BCUT2D eigenvalue weighted by Crippen LogP contribution is 2.48. The first-order chi connectivity index (χ1) is 15.0. The minimum Gasteiger partial charge on any atom is -0.508 e. The van der Waals surface area contributed by atoms with Crippen molar-refractivity contribution >= 4 is 10.9 Å². The van der Waals surface area contributed by atoms with E-state index in [0.717, 1.165) is 18.4 Å². The van der Waals surface area contributed by atoms with Crippen molar-refractivity contribution in [3.05, 3.63) is 90.0 Å². The van der Waals surface area contributed by atoms with Crippen molar-refractivity contribution in [3.8, 4) is 17.0 Å². The van der Waals surface area contributed by atoms with E-state index >= 15 is 0 Å². The SMILES string of the molecule is Cn1c(-c2ccccc2)c([C@H](c2ccccc2O)[C@H]2CCC(C)(C)O2)c2ccccc21. The van der Waals surface area contributed by atoms with E-state index in [1.54, 1.807) is 6.07 Å². The molecule has 3 heteroatoms. The summed E-state index contributed by atoms with van der Waals surface area (Å²) in [6, 6.07) is 26.8. The Morgan fingerprint density at radius 3 is 2.32 bits per heavy atom. The van der Waals surface area contributed by atoms with Crippen LogP contribution >= 0.6 is 0 Å². The Hall–Kier alpha value is -3.04. The van der Waals surface area contributed by atoms with E-state index in [4.69, 9.17) is 4.74 Å². The van der Waals surface area contributed by atoms with Gasteiger partial charge in [-0.25, -0.2) is 0 Å². The predicted molar refractivity (Wildman–Crippen MR) is 126 cm³/mol. The molecule has 0 radical (unpaired) electrons. The van der Waals surface area contributed by atoms with Crippen molar-refractivity contribution in [2.24, 2.45) is 7.05 Å². The van der Waals surface area contributed by atoms with Crippen LogP contribution in [0.4, 0.5) is 0 Å². The lowest BCUT2D eigenvalue weighted by Gasteiger charge is -2.28. The van der Waals surface area contributed by atoms with Gasteiger partial charge in [-0.1, -0.05) is 66.7 Å². The van der Waals surface area contributed by atoms with Gasteiger partial charge in [-0.3, -0.25) is 0 Å². The molecule has 0 aliphatic carbocycles. The molecule has 0 saturated carbocycles. The van der Waals surface area contributed by atoms with Crippen LogP contribution in [0.3, 0.4) is 0 Å². The number of phenols is 1. The fourth-order valence-corrected chi connectivity index (χ4v) is 5.23. The quantitative estimate of drug-likeness (QED) is 0.408. The summed E-state index contributed by atoms with van der Waals surface area (Å²) in [6.45, 7) is 4.33. The minimum atomic E-state index is -0.162. The Morgan fingerprint density at radius 2 is 1.61 bits per heavy atom. The average molecular weight is 412 g/mol. The Morgan fingerprint density at radius 1 is 0.935 bits per heavy atom. The number of aryl methyl sites for hydroxylation is 1. The van der Waals surface area contributed by atoms with Crippen LogP contribution in [0.15, 0.2) is 78.9 Å². The summed E-state index contributed by atoms with van der Waals surface area (Å²) < 4.78 is 8.89. The number of hydrogen-bond acceptors (Lipinski definition) is 2. The molecule has 158 valence electrons. The molecule has 2 heterocycles. The normalized spacial score (nSPS) is 19.0. The first-order valence-electron chi connectivity index (χ1n) is 11.0. The van der Waals surface area contributed by atoms with Gasteiger partial charge < -0.3 is 14.4 Å². The molecule has 3 nitrogen and oxygen atoms in total. The molecule has 2 atom stereocenters. The second-order valence-corrected chi connectivity index (χ2v) is 9.20. The molecule has 1 fully saturated rings. The summed E-state index contributed by atoms with van der Waals surface area (Å²) in [5.74, 6) is 0.261. The molecule has 4 aromatic rings. The Balaban J connectivity index is 1.83. The highest BCUT2D eigenvalue weighted by Gasteiger charge is 2.40. The number of phenolic OH excluding ortho intramolecular Hbond substituents is 1. The smallest absolute Gasteiger partial charge is 0.119 e. The number of nitrogens with zero attached hydrogens (tertiary/aromatic N) is 1. The number of aromatic nitrogens is 1. The van der Waals surface area contributed by atoms with E-state index in [0.29, 0.717) is 5.75 Å². The standard InChI is InChI=1S/C28H29NO2/c1-28(2)18-17-24(31-28)25(21-14-8-10-16-23(21)30)26-20-13-7-9-15-22(20)29(3)27(26)19-11-5-4-6-12-19/h4-16,24-25,30H,17-18H2,1-3H3/t24-,25-/m1/s1. The van der Waals surface area contributed by atoms with Gasteiger partial charge in [0, 0.05) is 29.4 Å². The Labute approximate surface area is 183 Å². The molecule has 31 heavy (non-hydrogen) atoms. The van der Waals surface area contributed by atoms with Crippen molar-refractivity contribution < 1.29 is 9.84 Å². The molecular formula is C28H29NO2. The number of rotatable bonds is 4. The molecule has 1 saturated heterocycles. The molecule has 0 bridgehead atoms. The first kappa shape index (κ1) is 19.9. The summed E-state index contributed by atoms with van der Waals surface area (Å²) in [5.41, 5.74) is 5.55. The number of ether oxygens (including phenoxy) is 1. The van der Waals surface area contributed by atoms with Gasteiger partial charge in [0.2, 0.25) is 0 Å². The van der Waals surface area contributed by atoms with Crippen molar-refractivity contribution in [2.75, 3.05) is 0 Å². The van der Waals surface area contributed by atoms with Crippen LogP contribution in [0.25, 0.3) is 22.2 Å². The minimum absolute atomic E-state index is 0.00318. The highest BCUT2D eigenvalue weighted by molar-refractivity contribution is 5.93. The maximum atomic E-state index is 10.9. The second-order valence-electron chi connectivity index (χ2n) is 9.20. The monoisotopic (exact) mass is 411 g/mol. The van der Waals surface area contributed by atoms with Gasteiger partial charge in [0.1, 0.15) is 5.75 Å². The van der Waals surface area contributed by atoms with E-state index in [1.165, 1.54) is 27.7 Å². The number of aromatic hydroxyl groups is 1. The fourth-order valence-electron chi connectivity index (χ4n) is 5.23. The summed E-state index contributed by atoms with van der Waals surface area (Å²) in [5, 5.41) is 12.1. The first-order valence-corrected chi connectivity index (χ1v) is 11.0. The molecular weight excluding hydrogens is 382 g/mol. The number of hydrogen-bond donors (Lipinski definition) is 1. The van der Waals surface area contributed by atoms with Crippen LogP contribution in [-0.2, 0) is 11.8 Å². The number of benzene rings is 3. The zero-order chi connectivity index (χ0) is 21.6. The predicted octanol–water partition coefficient (Wildman–Crippen LogP) is 6.64. The second kappa shape index (κ2) is 7.58. The van der Waals surface area contributed by atoms with E-state index in [2.05, 4.69) is 80.1 Å². The van der Waals surface area contributed by atoms with Gasteiger partial charge in [0.15, 0.2) is 0 Å². The third kappa shape index (κ3) is 3.43. The molecule has 0 amide bonds.